The lowest BCUT2D eigenvalue weighted by Gasteiger charge is -2.39. The van der Waals surface area contributed by atoms with Crippen molar-refractivity contribution in [3.8, 4) is 0 Å². The van der Waals surface area contributed by atoms with E-state index in [9.17, 15) is 0 Å². The van der Waals surface area contributed by atoms with Gasteiger partial charge in [-0.25, -0.2) is 4.39 Å². The molecule has 2 aromatic carbocycles. The zero-order valence-electron chi connectivity index (χ0n) is 19.3. The first-order valence-electron chi connectivity index (χ1n) is 11.3. The minimum absolute atomic E-state index is 0.0796. The van der Waals surface area contributed by atoms with E-state index < -0.39 is 0 Å². The lowest BCUT2D eigenvalue weighted by Crippen LogP contribution is -2.47. The molecule has 0 aliphatic carbocycles. The summed E-state index contributed by atoms with van der Waals surface area (Å²) in [6, 6.07) is 12.1. The van der Waals surface area contributed by atoms with Gasteiger partial charge in [0.05, 0.1) is 11.9 Å². The van der Waals surface area contributed by atoms with Gasteiger partial charge in [0.2, 0.25) is 0 Å². The highest BCUT2D eigenvalue weighted by Gasteiger charge is 2.24. The summed E-state index contributed by atoms with van der Waals surface area (Å²) in [6.45, 7) is 9.02. The van der Waals surface area contributed by atoms with Crippen molar-refractivity contribution in [1.29, 1.82) is 0 Å². The molecule has 0 spiro atoms. The number of nitrogens with zero attached hydrogens (tertiary/aromatic N) is 5. The smallest absolute Gasteiger partial charge is 0.184 e. The molecule has 0 amide bonds. The van der Waals surface area contributed by atoms with Crippen molar-refractivity contribution < 1.29 is 4.39 Å². The second-order valence-corrected chi connectivity index (χ2v) is 9.14. The number of likely N-dealkylation sites (N-methyl/N-ethyl adjacent to an activating group) is 1. The molecule has 176 valence electrons. The molecule has 0 aromatic heterocycles. The van der Waals surface area contributed by atoms with Crippen LogP contribution in [0.25, 0.3) is 0 Å². The monoisotopic (exact) mass is 469 g/mol. The van der Waals surface area contributed by atoms with Gasteiger partial charge in [-0.2, -0.15) is 5.10 Å². The van der Waals surface area contributed by atoms with Crippen molar-refractivity contribution in [1.82, 2.24) is 10.3 Å². The van der Waals surface area contributed by atoms with Gasteiger partial charge in [0, 0.05) is 69.3 Å². The second-order valence-electron chi connectivity index (χ2n) is 8.70. The Morgan fingerprint density at radius 2 is 1.52 bits per heavy atom. The maximum atomic E-state index is 15.3. The molecule has 33 heavy (non-hydrogen) atoms. The van der Waals surface area contributed by atoms with Crippen LogP contribution < -0.4 is 25.9 Å². The number of nitrogens with one attached hydrogen (secondary N) is 1. The molecule has 4 rings (SSSR count). The lowest BCUT2D eigenvalue weighted by atomic mass is 10.1. The van der Waals surface area contributed by atoms with Crippen molar-refractivity contribution in [2.45, 2.75) is 6.92 Å². The van der Waals surface area contributed by atoms with Gasteiger partial charge < -0.3 is 25.3 Å². The molecule has 2 heterocycles. The maximum Gasteiger partial charge on any atom is 0.184 e. The minimum atomic E-state index is -0.242. The average molecular weight is 470 g/mol. The fourth-order valence-corrected chi connectivity index (χ4v) is 4.41. The molecule has 7 nitrogen and oxygen atoms in total. The predicted octanol–water partition coefficient (Wildman–Crippen LogP) is 2.38. The van der Waals surface area contributed by atoms with Crippen LogP contribution in [0.4, 0.5) is 21.5 Å². The van der Waals surface area contributed by atoms with E-state index in [1.165, 1.54) is 11.3 Å². The summed E-state index contributed by atoms with van der Waals surface area (Å²) in [5.41, 5.74) is 12.8. The standard InChI is InChI=1S/C24H32FN7S/c1-18-3-5-20(6-4-18)30-11-13-32(14-12-30)23-16-22(31-9-7-29(2)8-10-31)19(15-21(23)25)17-27-28-24(26)33/h3-6,15-17H,7-14H2,1-2H3,(H3,26,28,33). The Kier molecular flexibility index (Phi) is 7.29. The van der Waals surface area contributed by atoms with Crippen LogP contribution in [-0.2, 0) is 0 Å². The van der Waals surface area contributed by atoms with E-state index in [4.69, 9.17) is 18.0 Å². The summed E-state index contributed by atoms with van der Waals surface area (Å²) in [5, 5.41) is 4.16. The number of aryl methyl sites for hydroxylation is 1. The number of halogens is 1. The predicted molar refractivity (Wildman–Crippen MR) is 139 cm³/mol. The Labute approximate surface area is 200 Å². The van der Waals surface area contributed by atoms with Gasteiger partial charge in [-0.1, -0.05) is 17.7 Å². The lowest BCUT2D eigenvalue weighted by molar-refractivity contribution is 0.313. The van der Waals surface area contributed by atoms with Crippen LogP contribution in [0.3, 0.4) is 0 Å². The maximum absolute atomic E-state index is 15.3. The van der Waals surface area contributed by atoms with Gasteiger partial charge in [-0.15, -0.1) is 0 Å². The summed E-state index contributed by atoms with van der Waals surface area (Å²) in [4.78, 5) is 9.10. The molecule has 0 radical (unpaired) electrons. The topological polar surface area (TPSA) is 63.4 Å². The normalized spacial score (nSPS) is 17.6. The van der Waals surface area contributed by atoms with E-state index in [0.717, 1.165) is 58.0 Å². The third kappa shape index (κ3) is 5.72. The molecule has 0 saturated carbocycles. The van der Waals surface area contributed by atoms with Crippen LogP contribution in [0, 0.1) is 12.7 Å². The van der Waals surface area contributed by atoms with Gasteiger partial charge in [-0.3, -0.25) is 5.43 Å². The molecule has 0 unspecified atom stereocenters. The number of hydrogen-bond donors (Lipinski definition) is 2. The third-order valence-corrected chi connectivity index (χ3v) is 6.43. The first-order chi connectivity index (χ1) is 15.9. The van der Waals surface area contributed by atoms with Gasteiger partial charge >= 0.3 is 0 Å². The van der Waals surface area contributed by atoms with Gasteiger partial charge in [-0.05, 0) is 50.5 Å². The SMILES string of the molecule is Cc1ccc(N2CCN(c3cc(N4CCN(C)CC4)c(C=NNC(N)=S)cc3F)CC2)cc1. The summed E-state index contributed by atoms with van der Waals surface area (Å²) in [5.74, 6) is -0.242. The highest BCUT2D eigenvalue weighted by molar-refractivity contribution is 7.80. The zero-order chi connectivity index (χ0) is 23.4. The highest BCUT2D eigenvalue weighted by atomic mass is 32.1. The van der Waals surface area contributed by atoms with E-state index >= 15 is 4.39 Å². The molecule has 9 heteroatoms. The number of benzene rings is 2. The van der Waals surface area contributed by atoms with Crippen LogP contribution in [0.5, 0.6) is 0 Å². The molecular weight excluding hydrogens is 437 g/mol. The van der Waals surface area contributed by atoms with Crippen molar-refractivity contribution in [3.63, 3.8) is 0 Å². The zero-order valence-corrected chi connectivity index (χ0v) is 20.1. The molecule has 2 saturated heterocycles. The van der Waals surface area contributed by atoms with Gasteiger partial charge in [0.15, 0.2) is 5.11 Å². The summed E-state index contributed by atoms with van der Waals surface area (Å²) in [6.07, 6.45) is 1.59. The summed E-state index contributed by atoms with van der Waals surface area (Å²) in [7, 11) is 2.12. The largest absolute Gasteiger partial charge is 0.375 e. The van der Waals surface area contributed by atoms with E-state index in [2.05, 4.69) is 68.4 Å². The van der Waals surface area contributed by atoms with Crippen LogP contribution in [0.15, 0.2) is 41.5 Å². The molecule has 0 bridgehead atoms. The number of hydrazone groups is 1. The fraction of sp³-hybridized carbons (Fsp3) is 0.417. The van der Waals surface area contributed by atoms with Crippen LogP contribution in [0.1, 0.15) is 11.1 Å². The van der Waals surface area contributed by atoms with Gasteiger partial charge in [0.1, 0.15) is 5.82 Å². The Bertz CT molecular complexity index is 995. The van der Waals surface area contributed by atoms with Crippen LogP contribution >= 0.6 is 12.2 Å². The number of anilines is 3. The average Bonchev–Trinajstić information content (AvgIpc) is 2.80. The number of piperazine rings is 2. The molecule has 2 aromatic rings. The van der Waals surface area contributed by atoms with Crippen LogP contribution in [-0.4, -0.2) is 75.6 Å². The van der Waals surface area contributed by atoms with E-state index in [1.54, 1.807) is 12.3 Å². The highest BCUT2D eigenvalue weighted by Crippen LogP contribution is 2.31. The van der Waals surface area contributed by atoms with Crippen molar-refractivity contribution >= 4 is 40.6 Å². The third-order valence-electron chi connectivity index (χ3n) is 6.34. The Morgan fingerprint density at radius 1 is 0.939 bits per heavy atom. The molecule has 2 aliphatic heterocycles. The van der Waals surface area contributed by atoms with E-state index in [1.807, 2.05) is 6.07 Å². The quantitative estimate of drug-likeness (QED) is 0.396. The molecule has 2 fully saturated rings. The number of thiocarbonyl (C=S) groups is 1. The van der Waals surface area contributed by atoms with E-state index in [-0.39, 0.29) is 10.9 Å². The molecule has 0 atom stereocenters. The molecule has 3 N–H and O–H groups in total. The van der Waals surface area contributed by atoms with Crippen molar-refractivity contribution in [3.05, 3.63) is 53.3 Å². The van der Waals surface area contributed by atoms with Crippen molar-refractivity contribution in [2.75, 3.05) is 74.1 Å². The molecular formula is C24H32FN7S. The summed E-state index contributed by atoms with van der Waals surface area (Å²) < 4.78 is 15.3. The first kappa shape index (κ1) is 23.3. The second kappa shape index (κ2) is 10.4. The Hall–Kier alpha value is -2.91. The van der Waals surface area contributed by atoms with Crippen molar-refractivity contribution in [2.24, 2.45) is 10.8 Å². The molecule has 2 aliphatic rings. The summed E-state index contributed by atoms with van der Waals surface area (Å²) >= 11 is 4.82. The number of rotatable bonds is 5. The van der Waals surface area contributed by atoms with E-state index in [0.29, 0.717) is 11.3 Å². The Balaban J connectivity index is 1.55. The Morgan fingerprint density at radius 3 is 2.15 bits per heavy atom. The van der Waals surface area contributed by atoms with Crippen LogP contribution in [0.2, 0.25) is 0 Å². The number of hydrogen-bond acceptors (Lipinski definition) is 6. The fourth-order valence-electron chi connectivity index (χ4n) is 4.36. The first-order valence-corrected chi connectivity index (χ1v) is 11.7. The minimum Gasteiger partial charge on any atom is -0.375 e. The number of nitrogens with two attached hydrogens (primary N) is 1. The van der Waals surface area contributed by atoms with Gasteiger partial charge in [0.25, 0.3) is 0 Å².